The highest BCUT2D eigenvalue weighted by atomic mass is 16.5. The Bertz CT molecular complexity index is 554. The molecular weight excluding hydrogens is 296 g/mol. The number of benzene rings is 1. The van der Waals surface area contributed by atoms with E-state index in [-0.39, 0.29) is 0 Å². The molecular formula is C17H27N2O4+. The lowest BCUT2D eigenvalue weighted by molar-refractivity contribution is -0.928. The zero-order valence-electron chi connectivity index (χ0n) is 14.3. The first-order valence-electron chi connectivity index (χ1n) is 8.10. The van der Waals surface area contributed by atoms with Crippen LogP contribution >= 0.6 is 0 Å². The van der Waals surface area contributed by atoms with E-state index >= 15 is 0 Å². The maximum Gasteiger partial charge on any atom is 0.340 e. The average Bonchev–Trinajstić information content (AvgIpc) is 2.54. The van der Waals surface area contributed by atoms with E-state index in [1.807, 2.05) is 0 Å². The van der Waals surface area contributed by atoms with Gasteiger partial charge >= 0.3 is 5.97 Å². The maximum absolute atomic E-state index is 11.9. The molecule has 1 aromatic carbocycles. The largest absolute Gasteiger partial charge is 0.493 e. The fourth-order valence-electron chi connectivity index (χ4n) is 2.86. The van der Waals surface area contributed by atoms with E-state index < -0.39 is 5.97 Å². The first kappa shape index (κ1) is 17.4. The summed E-state index contributed by atoms with van der Waals surface area (Å²) in [6.07, 6.45) is 3.74. The first-order chi connectivity index (χ1) is 11.0. The lowest BCUT2D eigenvalue weighted by atomic mass is 10.1. The normalized spacial score (nSPS) is 16.7. The molecule has 23 heavy (non-hydrogen) atoms. The van der Waals surface area contributed by atoms with Gasteiger partial charge < -0.3 is 19.9 Å². The molecule has 0 aliphatic carbocycles. The van der Waals surface area contributed by atoms with Crippen LogP contribution in [0.5, 0.6) is 11.5 Å². The number of carbonyl (C=O) groups excluding carboxylic acids is 1. The molecule has 128 valence electrons. The molecule has 0 aromatic heterocycles. The van der Waals surface area contributed by atoms with Crippen LogP contribution in [0.1, 0.15) is 36.5 Å². The van der Waals surface area contributed by atoms with Crippen molar-refractivity contribution in [1.29, 1.82) is 0 Å². The minimum Gasteiger partial charge on any atom is -0.493 e. The molecule has 0 saturated carbocycles. The number of nitrogens with zero attached hydrogens (tertiary/aromatic N) is 1. The fourth-order valence-corrected chi connectivity index (χ4v) is 2.86. The SMILES string of the molecule is CCOC(=O)c1cc(OC)c(OC[N+]2(C)CCCCC2)cc1N. The number of carbonyl (C=O) groups is 1. The summed E-state index contributed by atoms with van der Waals surface area (Å²) in [5.41, 5.74) is 6.61. The number of nitrogens with two attached hydrogens (primary N) is 1. The van der Waals surface area contributed by atoms with E-state index in [0.717, 1.165) is 17.6 Å². The molecule has 1 aromatic rings. The van der Waals surface area contributed by atoms with Crippen molar-refractivity contribution in [2.24, 2.45) is 0 Å². The number of nitrogen functional groups attached to an aromatic ring is 1. The van der Waals surface area contributed by atoms with Crippen molar-refractivity contribution in [3.8, 4) is 11.5 Å². The Morgan fingerprint density at radius 3 is 2.52 bits per heavy atom. The van der Waals surface area contributed by atoms with E-state index in [0.29, 0.717) is 36.1 Å². The van der Waals surface area contributed by atoms with Gasteiger partial charge in [-0.1, -0.05) is 0 Å². The molecule has 0 bridgehead atoms. The zero-order valence-corrected chi connectivity index (χ0v) is 14.3. The van der Waals surface area contributed by atoms with Crippen LogP contribution in [0.2, 0.25) is 0 Å². The molecule has 1 heterocycles. The van der Waals surface area contributed by atoms with Crippen molar-refractivity contribution in [2.75, 3.05) is 46.3 Å². The van der Waals surface area contributed by atoms with Gasteiger partial charge in [-0.3, -0.25) is 4.48 Å². The Kier molecular flexibility index (Phi) is 5.71. The van der Waals surface area contributed by atoms with Gasteiger partial charge in [0.2, 0.25) is 6.73 Å². The van der Waals surface area contributed by atoms with E-state index in [1.54, 1.807) is 26.2 Å². The van der Waals surface area contributed by atoms with Gasteiger partial charge in [0.25, 0.3) is 0 Å². The van der Waals surface area contributed by atoms with Crippen molar-refractivity contribution in [3.05, 3.63) is 17.7 Å². The van der Waals surface area contributed by atoms with Crippen LogP contribution < -0.4 is 15.2 Å². The van der Waals surface area contributed by atoms with Gasteiger partial charge in [-0.2, -0.15) is 0 Å². The number of quaternary nitrogens is 1. The Morgan fingerprint density at radius 1 is 1.22 bits per heavy atom. The van der Waals surface area contributed by atoms with Gasteiger partial charge in [0, 0.05) is 12.1 Å². The number of hydrogen-bond donors (Lipinski definition) is 1. The molecule has 6 heteroatoms. The number of anilines is 1. The highest BCUT2D eigenvalue weighted by molar-refractivity contribution is 5.96. The number of ether oxygens (including phenoxy) is 3. The third-order valence-electron chi connectivity index (χ3n) is 4.26. The van der Waals surface area contributed by atoms with Crippen molar-refractivity contribution >= 4 is 11.7 Å². The molecule has 0 amide bonds. The van der Waals surface area contributed by atoms with Crippen LogP contribution in [0.25, 0.3) is 0 Å². The van der Waals surface area contributed by atoms with E-state index in [4.69, 9.17) is 19.9 Å². The first-order valence-corrected chi connectivity index (χ1v) is 8.10. The molecule has 1 aliphatic rings. The van der Waals surface area contributed by atoms with Crippen LogP contribution in [0.4, 0.5) is 5.69 Å². The Morgan fingerprint density at radius 2 is 1.91 bits per heavy atom. The number of esters is 1. The van der Waals surface area contributed by atoms with Gasteiger partial charge in [0.05, 0.1) is 45.1 Å². The van der Waals surface area contributed by atoms with Gasteiger partial charge in [-0.25, -0.2) is 4.79 Å². The maximum atomic E-state index is 11.9. The van der Waals surface area contributed by atoms with Crippen molar-refractivity contribution < 1.29 is 23.5 Å². The third-order valence-corrected chi connectivity index (χ3v) is 4.26. The Balaban J connectivity index is 2.15. The van der Waals surface area contributed by atoms with E-state index in [1.165, 1.54) is 19.3 Å². The van der Waals surface area contributed by atoms with Crippen LogP contribution in [-0.4, -0.2) is 51.0 Å². The predicted octanol–water partition coefficient (Wildman–Crippen LogP) is 2.42. The average molecular weight is 323 g/mol. The standard InChI is InChI=1S/C17H26N2O4/c1-4-22-17(20)13-10-15(21-3)16(11-14(13)18)23-12-19(2)8-6-5-7-9-19/h10-11H,4-9,12H2,1-3H3,(H-,18,20)/p+1. The van der Waals surface area contributed by atoms with Gasteiger partial charge in [-0.15, -0.1) is 0 Å². The predicted molar refractivity (Wildman–Crippen MR) is 88.6 cm³/mol. The van der Waals surface area contributed by atoms with E-state index in [9.17, 15) is 4.79 Å². The highest BCUT2D eigenvalue weighted by Gasteiger charge is 2.26. The van der Waals surface area contributed by atoms with Crippen molar-refractivity contribution in [3.63, 3.8) is 0 Å². The number of hydrogen-bond acceptors (Lipinski definition) is 5. The van der Waals surface area contributed by atoms with Gasteiger partial charge in [0.15, 0.2) is 11.5 Å². The molecule has 2 N–H and O–H groups in total. The minimum atomic E-state index is -0.454. The number of likely N-dealkylation sites (tertiary alicyclic amines) is 1. The summed E-state index contributed by atoms with van der Waals surface area (Å²) in [6, 6.07) is 3.22. The lowest BCUT2D eigenvalue weighted by Gasteiger charge is -2.37. The molecule has 6 nitrogen and oxygen atoms in total. The Hall–Kier alpha value is -1.95. The molecule has 1 saturated heterocycles. The van der Waals surface area contributed by atoms with Crippen LogP contribution in [0.3, 0.4) is 0 Å². The quantitative estimate of drug-likeness (QED) is 0.494. The topological polar surface area (TPSA) is 70.8 Å². The molecule has 2 rings (SSSR count). The Labute approximate surface area is 137 Å². The number of piperidine rings is 1. The van der Waals surface area contributed by atoms with Crippen LogP contribution in [0, 0.1) is 0 Å². The van der Waals surface area contributed by atoms with Crippen molar-refractivity contribution in [1.82, 2.24) is 0 Å². The summed E-state index contributed by atoms with van der Waals surface area (Å²) in [6.45, 7) is 4.84. The van der Waals surface area contributed by atoms with Gasteiger partial charge in [0.1, 0.15) is 0 Å². The third kappa shape index (κ3) is 4.28. The highest BCUT2D eigenvalue weighted by Crippen LogP contribution is 2.33. The molecule has 1 fully saturated rings. The van der Waals surface area contributed by atoms with Crippen LogP contribution in [-0.2, 0) is 4.74 Å². The zero-order chi connectivity index (χ0) is 16.9. The van der Waals surface area contributed by atoms with E-state index in [2.05, 4.69) is 7.05 Å². The summed E-state index contributed by atoms with van der Waals surface area (Å²) in [5, 5.41) is 0. The molecule has 1 aliphatic heterocycles. The summed E-state index contributed by atoms with van der Waals surface area (Å²) in [5.74, 6) is 0.596. The molecule has 0 spiro atoms. The monoisotopic (exact) mass is 323 g/mol. The summed E-state index contributed by atoms with van der Waals surface area (Å²) >= 11 is 0. The molecule has 0 atom stereocenters. The lowest BCUT2D eigenvalue weighted by Crippen LogP contribution is -2.50. The summed E-state index contributed by atoms with van der Waals surface area (Å²) in [4.78, 5) is 11.9. The molecule has 0 radical (unpaired) electrons. The number of methoxy groups -OCH3 is 1. The summed E-state index contributed by atoms with van der Waals surface area (Å²) in [7, 11) is 3.74. The van der Waals surface area contributed by atoms with Crippen molar-refractivity contribution in [2.45, 2.75) is 26.2 Å². The fraction of sp³-hybridized carbons (Fsp3) is 0.588. The summed E-state index contributed by atoms with van der Waals surface area (Å²) < 4.78 is 17.2. The molecule has 0 unspecified atom stereocenters. The van der Waals surface area contributed by atoms with Gasteiger partial charge in [-0.05, 0) is 26.2 Å². The minimum absolute atomic E-state index is 0.300. The second kappa shape index (κ2) is 7.55. The number of rotatable bonds is 6. The van der Waals surface area contributed by atoms with Crippen LogP contribution in [0.15, 0.2) is 12.1 Å². The second-order valence-electron chi connectivity index (χ2n) is 6.21. The smallest absolute Gasteiger partial charge is 0.340 e. The second-order valence-corrected chi connectivity index (χ2v) is 6.21.